The van der Waals surface area contributed by atoms with E-state index < -0.39 is 0 Å². The zero-order valence-corrected chi connectivity index (χ0v) is 10.6. The Labute approximate surface area is 99.6 Å². The summed E-state index contributed by atoms with van der Waals surface area (Å²) >= 11 is 0. The van der Waals surface area contributed by atoms with Gasteiger partial charge >= 0.3 is 0 Å². The predicted molar refractivity (Wildman–Crippen MR) is 66.6 cm³/mol. The van der Waals surface area contributed by atoms with Crippen LogP contribution in [0.3, 0.4) is 0 Å². The Bertz CT molecular complexity index is 164. The third-order valence-electron chi connectivity index (χ3n) is 3.27. The van der Waals surface area contributed by atoms with Crippen molar-refractivity contribution < 1.29 is 9.84 Å². The Balaban J connectivity index is 2.01. The molecule has 0 saturated heterocycles. The summed E-state index contributed by atoms with van der Waals surface area (Å²) in [6, 6.07) is 0.289. The molecule has 2 N–H and O–H groups in total. The lowest BCUT2D eigenvalue weighted by Gasteiger charge is -2.21. The number of aliphatic hydroxyl groups is 1. The molecule has 0 bridgehead atoms. The average Bonchev–Trinajstić information content (AvgIpc) is 2.49. The molecule has 0 aromatic carbocycles. The fraction of sp³-hybridized carbons (Fsp3) is 1.00. The lowest BCUT2D eigenvalue weighted by molar-refractivity contribution is 0.101. The number of ether oxygens (including phenoxy) is 1. The Morgan fingerprint density at radius 1 is 1.19 bits per heavy atom. The van der Waals surface area contributed by atoms with Gasteiger partial charge in [0.25, 0.3) is 0 Å². The van der Waals surface area contributed by atoms with Crippen LogP contribution in [-0.2, 0) is 4.74 Å². The molecule has 0 aromatic rings. The van der Waals surface area contributed by atoms with E-state index in [1.807, 2.05) is 0 Å². The van der Waals surface area contributed by atoms with Crippen molar-refractivity contribution in [3.05, 3.63) is 0 Å². The second-order valence-electron chi connectivity index (χ2n) is 4.73. The molecule has 16 heavy (non-hydrogen) atoms. The first-order valence-corrected chi connectivity index (χ1v) is 6.83. The van der Waals surface area contributed by atoms with Crippen molar-refractivity contribution in [2.75, 3.05) is 19.8 Å². The summed E-state index contributed by atoms with van der Waals surface area (Å²) in [7, 11) is 0. The molecule has 0 aliphatic heterocycles. The number of hydrogen-bond donors (Lipinski definition) is 2. The molecule has 1 saturated carbocycles. The second-order valence-corrected chi connectivity index (χ2v) is 4.73. The van der Waals surface area contributed by atoms with Gasteiger partial charge in [0.2, 0.25) is 0 Å². The summed E-state index contributed by atoms with van der Waals surface area (Å²) in [6.45, 7) is 4.67. The van der Waals surface area contributed by atoms with Crippen LogP contribution in [0.25, 0.3) is 0 Å². The number of nitrogens with one attached hydrogen (secondary N) is 1. The van der Waals surface area contributed by atoms with Gasteiger partial charge in [-0.25, -0.2) is 0 Å². The number of hydrogen-bond acceptors (Lipinski definition) is 3. The highest BCUT2D eigenvalue weighted by Gasteiger charge is 2.20. The Hall–Kier alpha value is -0.120. The van der Waals surface area contributed by atoms with Crippen molar-refractivity contribution in [1.82, 2.24) is 5.32 Å². The van der Waals surface area contributed by atoms with E-state index >= 15 is 0 Å². The molecule has 1 rings (SSSR count). The average molecular weight is 229 g/mol. The normalized spacial score (nSPS) is 26.6. The molecule has 0 aromatic heterocycles. The van der Waals surface area contributed by atoms with Gasteiger partial charge < -0.3 is 15.2 Å². The Kier molecular flexibility index (Phi) is 7.81. The van der Waals surface area contributed by atoms with Crippen LogP contribution < -0.4 is 5.32 Å². The molecule has 0 amide bonds. The number of aliphatic hydroxyl groups excluding tert-OH is 1. The Morgan fingerprint density at radius 2 is 2.00 bits per heavy atom. The van der Waals surface area contributed by atoms with Gasteiger partial charge in [-0.05, 0) is 19.3 Å². The summed E-state index contributed by atoms with van der Waals surface area (Å²) in [5.74, 6) is 0. The van der Waals surface area contributed by atoms with E-state index in [9.17, 15) is 5.11 Å². The molecular weight excluding hydrogens is 202 g/mol. The minimum absolute atomic E-state index is 0.154. The molecule has 0 heterocycles. The van der Waals surface area contributed by atoms with Gasteiger partial charge in [0.1, 0.15) is 0 Å². The lowest BCUT2D eigenvalue weighted by atomic mass is 10.1. The summed E-state index contributed by atoms with van der Waals surface area (Å²) < 4.78 is 5.49. The molecule has 0 radical (unpaired) electrons. The number of unbranched alkanes of at least 4 members (excludes halogenated alkanes) is 1. The van der Waals surface area contributed by atoms with Crippen molar-refractivity contribution >= 4 is 0 Å². The standard InChI is InChI=1S/C13H27NO2/c1-2-3-10-16-11-9-14-12-7-5-4-6-8-13(12)15/h12-15H,2-11H2,1H3. The summed E-state index contributed by atoms with van der Waals surface area (Å²) in [5, 5.41) is 13.3. The molecule has 3 heteroatoms. The molecule has 0 spiro atoms. The smallest absolute Gasteiger partial charge is 0.0693 e. The zero-order chi connectivity index (χ0) is 11.6. The van der Waals surface area contributed by atoms with Crippen LogP contribution in [0.5, 0.6) is 0 Å². The largest absolute Gasteiger partial charge is 0.392 e. The highest BCUT2D eigenvalue weighted by Crippen LogP contribution is 2.17. The minimum atomic E-state index is -0.154. The molecule has 2 unspecified atom stereocenters. The van der Waals surface area contributed by atoms with Crippen LogP contribution in [0.1, 0.15) is 51.9 Å². The van der Waals surface area contributed by atoms with E-state index in [-0.39, 0.29) is 12.1 Å². The van der Waals surface area contributed by atoms with Gasteiger partial charge in [-0.2, -0.15) is 0 Å². The van der Waals surface area contributed by atoms with Crippen molar-refractivity contribution in [3.63, 3.8) is 0 Å². The van der Waals surface area contributed by atoms with E-state index in [4.69, 9.17) is 4.74 Å². The van der Waals surface area contributed by atoms with Crippen molar-refractivity contribution in [2.24, 2.45) is 0 Å². The summed E-state index contributed by atoms with van der Waals surface area (Å²) in [5.41, 5.74) is 0. The first-order chi connectivity index (χ1) is 7.84. The van der Waals surface area contributed by atoms with Crippen molar-refractivity contribution in [3.8, 4) is 0 Å². The van der Waals surface area contributed by atoms with Gasteiger partial charge in [-0.15, -0.1) is 0 Å². The van der Waals surface area contributed by atoms with Gasteiger partial charge in [0.05, 0.1) is 12.7 Å². The summed E-state index contributed by atoms with van der Waals surface area (Å²) in [4.78, 5) is 0. The maximum atomic E-state index is 9.89. The van der Waals surface area contributed by atoms with Gasteiger partial charge in [-0.1, -0.05) is 32.6 Å². The van der Waals surface area contributed by atoms with Gasteiger partial charge in [0, 0.05) is 19.2 Å². The van der Waals surface area contributed by atoms with E-state index in [1.54, 1.807) is 0 Å². The molecule has 96 valence electrons. The topological polar surface area (TPSA) is 41.5 Å². The van der Waals surface area contributed by atoms with E-state index in [2.05, 4.69) is 12.2 Å². The minimum Gasteiger partial charge on any atom is -0.392 e. The van der Waals surface area contributed by atoms with Crippen molar-refractivity contribution in [2.45, 2.75) is 64.0 Å². The SMILES string of the molecule is CCCCOCCNC1CCCCCC1O. The monoisotopic (exact) mass is 229 g/mol. The van der Waals surface area contributed by atoms with E-state index in [1.165, 1.54) is 25.7 Å². The maximum absolute atomic E-state index is 9.89. The number of rotatable bonds is 7. The van der Waals surface area contributed by atoms with E-state index in [0.29, 0.717) is 0 Å². The summed E-state index contributed by atoms with van der Waals surface area (Å²) in [6.07, 6.45) is 7.92. The van der Waals surface area contributed by atoms with Crippen LogP contribution in [0, 0.1) is 0 Å². The highest BCUT2D eigenvalue weighted by atomic mass is 16.5. The third-order valence-corrected chi connectivity index (χ3v) is 3.27. The molecule has 3 nitrogen and oxygen atoms in total. The second kappa shape index (κ2) is 8.97. The van der Waals surface area contributed by atoms with Crippen LogP contribution in [0.15, 0.2) is 0 Å². The van der Waals surface area contributed by atoms with Crippen LogP contribution in [0.4, 0.5) is 0 Å². The fourth-order valence-corrected chi connectivity index (χ4v) is 2.19. The molecule has 1 aliphatic carbocycles. The molecule has 1 fully saturated rings. The van der Waals surface area contributed by atoms with E-state index in [0.717, 1.165) is 39.0 Å². The fourth-order valence-electron chi connectivity index (χ4n) is 2.19. The quantitative estimate of drug-likeness (QED) is 0.519. The first-order valence-electron chi connectivity index (χ1n) is 6.83. The molecular formula is C13H27NO2. The van der Waals surface area contributed by atoms with Crippen molar-refractivity contribution in [1.29, 1.82) is 0 Å². The zero-order valence-electron chi connectivity index (χ0n) is 10.6. The van der Waals surface area contributed by atoms with Gasteiger partial charge in [-0.3, -0.25) is 0 Å². The molecule has 1 aliphatic rings. The Morgan fingerprint density at radius 3 is 2.81 bits per heavy atom. The molecule has 2 atom stereocenters. The maximum Gasteiger partial charge on any atom is 0.0693 e. The van der Waals surface area contributed by atoms with Crippen LogP contribution >= 0.6 is 0 Å². The highest BCUT2D eigenvalue weighted by molar-refractivity contribution is 4.78. The predicted octanol–water partition coefficient (Wildman–Crippen LogP) is 2.09. The van der Waals surface area contributed by atoms with Gasteiger partial charge in [0.15, 0.2) is 0 Å². The van der Waals surface area contributed by atoms with Crippen LogP contribution in [-0.4, -0.2) is 37.0 Å². The van der Waals surface area contributed by atoms with Crippen LogP contribution in [0.2, 0.25) is 0 Å². The lowest BCUT2D eigenvalue weighted by Crippen LogP contribution is -2.40. The third kappa shape index (κ3) is 5.83. The first kappa shape index (κ1) is 13.9.